The summed E-state index contributed by atoms with van der Waals surface area (Å²) in [6.45, 7) is 4.10. The van der Waals surface area contributed by atoms with Gasteiger partial charge in [-0.3, -0.25) is 0 Å². The van der Waals surface area contributed by atoms with Gasteiger partial charge in [0.1, 0.15) is 0 Å². The van der Waals surface area contributed by atoms with Crippen LogP contribution in [0.4, 0.5) is 0 Å². The molecule has 1 unspecified atom stereocenters. The average molecular weight is 235 g/mol. The average Bonchev–Trinajstić information content (AvgIpc) is 2.38. The van der Waals surface area contributed by atoms with Crippen LogP contribution in [0.1, 0.15) is 31.7 Å². The van der Waals surface area contributed by atoms with E-state index in [1.165, 1.54) is 24.8 Å². The quantitative estimate of drug-likeness (QED) is 0.664. The molecule has 17 heavy (non-hydrogen) atoms. The lowest BCUT2D eigenvalue weighted by Crippen LogP contribution is -2.33. The van der Waals surface area contributed by atoms with E-state index in [9.17, 15) is 0 Å². The zero-order chi connectivity index (χ0) is 12.3. The van der Waals surface area contributed by atoms with Gasteiger partial charge < -0.3 is 10.1 Å². The maximum Gasteiger partial charge on any atom is 0.0615 e. The molecule has 0 heterocycles. The van der Waals surface area contributed by atoms with Gasteiger partial charge in [-0.25, -0.2) is 0 Å². The van der Waals surface area contributed by atoms with Crippen molar-refractivity contribution < 1.29 is 4.74 Å². The predicted octanol–water partition coefficient (Wildman–Crippen LogP) is 3.02. The number of nitrogens with one attached hydrogen (secondary N) is 1. The second kappa shape index (κ2) is 9.20. The van der Waals surface area contributed by atoms with E-state index in [4.69, 9.17) is 4.74 Å². The van der Waals surface area contributed by atoms with Gasteiger partial charge in [0, 0.05) is 13.2 Å². The van der Waals surface area contributed by atoms with Crippen LogP contribution in [-0.2, 0) is 11.2 Å². The Balaban J connectivity index is 2.04. The minimum atomic E-state index is 0.511. The summed E-state index contributed by atoms with van der Waals surface area (Å²) in [6, 6.07) is 11.2. The van der Waals surface area contributed by atoms with Gasteiger partial charge in [0.25, 0.3) is 0 Å². The summed E-state index contributed by atoms with van der Waals surface area (Å²) in [7, 11) is 1.76. The maximum absolute atomic E-state index is 5.16. The highest BCUT2D eigenvalue weighted by atomic mass is 16.5. The molecule has 2 nitrogen and oxygen atoms in total. The first-order valence-electron chi connectivity index (χ1n) is 6.63. The molecule has 1 aromatic carbocycles. The molecule has 1 aromatic rings. The van der Waals surface area contributed by atoms with E-state index in [1.807, 2.05) is 0 Å². The summed E-state index contributed by atoms with van der Waals surface area (Å²) in [5, 5.41) is 3.53. The van der Waals surface area contributed by atoms with Gasteiger partial charge in [0.05, 0.1) is 6.61 Å². The Bertz CT molecular complexity index is 274. The normalized spacial score (nSPS) is 12.6. The molecule has 0 amide bonds. The van der Waals surface area contributed by atoms with Crippen LogP contribution in [0.2, 0.25) is 0 Å². The molecule has 96 valence electrons. The number of aryl methyl sites for hydroxylation is 1. The molecule has 0 aromatic heterocycles. The van der Waals surface area contributed by atoms with Crippen molar-refractivity contribution in [2.24, 2.45) is 0 Å². The minimum Gasteiger partial charge on any atom is -0.383 e. The molecule has 2 heteroatoms. The van der Waals surface area contributed by atoms with Gasteiger partial charge in [-0.1, -0.05) is 37.3 Å². The molecule has 0 fully saturated rings. The predicted molar refractivity (Wildman–Crippen MR) is 73.3 cm³/mol. The van der Waals surface area contributed by atoms with E-state index in [0.717, 1.165) is 19.6 Å². The van der Waals surface area contributed by atoms with Crippen molar-refractivity contribution >= 4 is 0 Å². The monoisotopic (exact) mass is 235 g/mol. The van der Waals surface area contributed by atoms with Crippen molar-refractivity contribution in [2.45, 2.75) is 38.6 Å². The molecule has 1 rings (SSSR count). The van der Waals surface area contributed by atoms with Crippen LogP contribution in [0.5, 0.6) is 0 Å². The SMILES string of the molecule is CCC(COC)NCCCCc1ccccc1. The maximum atomic E-state index is 5.16. The number of ether oxygens (including phenoxy) is 1. The van der Waals surface area contributed by atoms with Gasteiger partial charge >= 0.3 is 0 Å². The standard InChI is InChI=1S/C15H25NO/c1-3-15(13-17-2)16-12-8-7-11-14-9-5-4-6-10-14/h4-6,9-10,15-16H,3,7-8,11-13H2,1-2H3. The summed E-state index contributed by atoms with van der Waals surface area (Å²) in [4.78, 5) is 0. The topological polar surface area (TPSA) is 21.3 Å². The van der Waals surface area contributed by atoms with E-state index in [1.54, 1.807) is 7.11 Å². The second-order valence-corrected chi connectivity index (χ2v) is 4.46. The van der Waals surface area contributed by atoms with Gasteiger partial charge in [0.2, 0.25) is 0 Å². The third-order valence-electron chi connectivity index (χ3n) is 3.03. The molecule has 0 aliphatic rings. The van der Waals surface area contributed by atoms with Crippen LogP contribution in [-0.4, -0.2) is 26.3 Å². The number of hydrogen-bond acceptors (Lipinski definition) is 2. The highest BCUT2D eigenvalue weighted by molar-refractivity contribution is 5.14. The lowest BCUT2D eigenvalue weighted by atomic mass is 10.1. The van der Waals surface area contributed by atoms with Crippen molar-refractivity contribution in [3.05, 3.63) is 35.9 Å². The fourth-order valence-electron chi connectivity index (χ4n) is 1.93. The van der Waals surface area contributed by atoms with E-state index in [0.29, 0.717) is 6.04 Å². The smallest absolute Gasteiger partial charge is 0.0615 e. The number of hydrogen-bond donors (Lipinski definition) is 1. The lowest BCUT2D eigenvalue weighted by molar-refractivity contribution is 0.164. The number of methoxy groups -OCH3 is 1. The van der Waals surface area contributed by atoms with Crippen LogP contribution >= 0.6 is 0 Å². The van der Waals surface area contributed by atoms with Gasteiger partial charge in [-0.15, -0.1) is 0 Å². The molecule has 0 radical (unpaired) electrons. The van der Waals surface area contributed by atoms with E-state index in [2.05, 4.69) is 42.6 Å². The van der Waals surface area contributed by atoms with Crippen molar-refractivity contribution in [3.63, 3.8) is 0 Å². The summed E-state index contributed by atoms with van der Waals surface area (Å²) in [5.41, 5.74) is 1.44. The third kappa shape index (κ3) is 6.44. The van der Waals surface area contributed by atoms with Crippen molar-refractivity contribution in [1.29, 1.82) is 0 Å². The van der Waals surface area contributed by atoms with Crippen LogP contribution in [0.15, 0.2) is 30.3 Å². The Kier molecular flexibility index (Phi) is 7.69. The van der Waals surface area contributed by atoms with E-state index >= 15 is 0 Å². The summed E-state index contributed by atoms with van der Waals surface area (Å²) < 4.78 is 5.16. The van der Waals surface area contributed by atoms with Gasteiger partial charge in [-0.05, 0) is 37.8 Å². The minimum absolute atomic E-state index is 0.511. The largest absolute Gasteiger partial charge is 0.383 e. The Morgan fingerprint density at radius 2 is 1.94 bits per heavy atom. The number of rotatable bonds is 9. The molecular formula is C15H25NO. The number of unbranched alkanes of at least 4 members (excludes halogenated alkanes) is 1. The van der Waals surface area contributed by atoms with Crippen LogP contribution < -0.4 is 5.32 Å². The zero-order valence-electron chi connectivity index (χ0n) is 11.1. The summed E-state index contributed by atoms with van der Waals surface area (Å²) >= 11 is 0. The Morgan fingerprint density at radius 1 is 1.18 bits per heavy atom. The first kappa shape index (κ1) is 14.2. The first-order chi connectivity index (χ1) is 8.36. The van der Waals surface area contributed by atoms with Crippen LogP contribution in [0, 0.1) is 0 Å². The summed E-state index contributed by atoms with van der Waals surface area (Å²) in [5.74, 6) is 0. The summed E-state index contributed by atoms with van der Waals surface area (Å²) in [6.07, 6.45) is 4.80. The Labute approximate surface area is 105 Å². The second-order valence-electron chi connectivity index (χ2n) is 4.46. The molecule has 0 saturated heterocycles. The Hall–Kier alpha value is -0.860. The lowest BCUT2D eigenvalue weighted by Gasteiger charge is -2.15. The van der Waals surface area contributed by atoms with E-state index < -0.39 is 0 Å². The zero-order valence-corrected chi connectivity index (χ0v) is 11.1. The first-order valence-corrected chi connectivity index (χ1v) is 6.63. The fraction of sp³-hybridized carbons (Fsp3) is 0.600. The molecule has 1 atom stereocenters. The molecule has 1 N–H and O–H groups in total. The molecular weight excluding hydrogens is 210 g/mol. The molecule has 0 aliphatic heterocycles. The van der Waals surface area contributed by atoms with Crippen LogP contribution in [0.25, 0.3) is 0 Å². The molecule has 0 aliphatic carbocycles. The van der Waals surface area contributed by atoms with Gasteiger partial charge in [-0.2, -0.15) is 0 Å². The van der Waals surface area contributed by atoms with Crippen LogP contribution in [0.3, 0.4) is 0 Å². The fourth-order valence-corrected chi connectivity index (χ4v) is 1.93. The van der Waals surface area contributed by atoms with Gasteiger partial charge in [0.15, 0.2) is 0 Å². The van der Waals surface area contributed by atoms with Crippen molar-refractivity contribution in [3.8, 4) is 0 Å². The Morgan fingerprint density at radius 3 is 2.59 bits per heavy atom. The molecule has 0 saturated carbocycles. The molecule has 0 spiro atoms. The highest BCUT2D eigenvalue weighted by Crippen LogP contribution is 2.04. The molecule has 0 bridgehead atoms. The van der Waals surface area contributed by atoms with Crippen molar-refractivity contribution in [2.75, 3.05) is 20.3 Å². The highest BCUT2D eigenvalue weighted by Gasteiger charge is 2.03. The third-order valence-corrected chi connectivity index (χ3v) is 3.03. The van der Waals surface area contributed by atoms with E-state index in [-0.39, 0.29) is 0 Å². The number of benzene rings is 1. The van der Waals surface area contributed by atoms with Crippen molar-refractivity contribution in [1.82, 2.24) is 5.32 Å².